The molecule has 4 amide bonds. The third kappa shape index (κ3) is 7.01. The predicted octanol–water partition coefficient (Wildman–Crippen LogP) is -2.71. The molecule has 246 valence electrons. The van der Waals surface area contributed by atoms with Gasteiger partial charge < -0.3 is 36.6 Å². The average molecular weight is 705 g/mol. The average Bonchev–Trinajstić information content (AvgIpc) is 3.48. The third-order valence-electron chi connectivity index (χ3n) is 6.88. The van der Waals surface area contributed by atoms with E-state index >= 15 is 0 Å². The Morgan fingerprint density at radius 3 is 2.60 bits per heavy atom. The van der Waals surface area contributed by atoms with Crippen LogP contribution in [0.4, 0.5) is 5.13 Å². The van der Waals surface area contributed by atoms with Gasteiger partial charge in [0.2, 0.25) is 17.9 Å². The van der Waals surface area contributed by atoms with Gasteiger partial charge in [-0.3, -0.25) is 34.1 Å². The maximum absolute atomic E-state index is 13.5. The number of nitrogens with zero attached hydrogens (tertiary/aromatic N) is 4. The first-order valence-corrected chi connectivity index (χ1v) is 16.2. The van der Waals surface area contributed by atoms with E-state index in [1.54, 1.807) is 24.5 Å². The number of amides is 4. The molecule has 3 aromatic rings. The summed E-state index contributed by atoms with van der Waals surface area (Å²) < 4.78 is 1.72. The second-order valence-electron chi connectivity index (χ2n) is 9.94. The van der Waals surface area contributed by atoms with Gasteiger partial charge in [-0.15, -0.1) is 34.9 Å². The fourth-order valence-corrected chi connectivity index (χ4v) is 7.59. The lowest BCUT2D eigenvalue weighted by Crippen LogP contribution is -2.71. The van der Waals surface area contributed by atoms with E-state index in [-0.39, 0.29) is 39.3 Å². The number of β-lactam (4-membered cyclic amide) rings is 1. The molecule has 1 fully saturated rings. The number of anilines is 1. The number of nitrogens with two attached hydrogens (primary N) is 1. The van der Waals surface area contributed by atoms with E-state index in [4.69, 9.17) is 10.9 Å². The van der Waals surface area contributed by atoms with Gasteiger partial charge in [-0.05, 0) is 5.57 Å². The standard InChI is InChI=1S/C26H24N8O10S3/c27-26-28-13(10-47-26)18(29-21(38)14-5-15(35)16(36)6-33(14)44)22(39)30-19-23(40)34-20(25(41)42)11(9-46-24(19)34)8-45-12-1-3-32(4-2-12)7-17(37)31-43/h1-6,10,18-19,24,44H,7-9H2,(H7-,27,28,29,30,31,35,36,37,38,39,41,42,43)/t18?,19-,24-/m1/s1. The number of hydroxylamine groups is 1. The van der Waals surface area contributed by atoms with Gasteiger partial charge in [-0.25, -0.2) is 10.5 Å². The van der Waals surface area contributed by atoms with Gasteiger partial charge in [-0.2, -0.15) is 9.30 Å². The zero-order valence-electron chi connectivity index (χ0n) is 23.7. The number of aliphatic carboxylic acids is 1. The maximum Gasteiger partial charge on any atom is 0.309 e. The minimum absolute atomic E-state index is 0.0124. The summed E-state index contributed by atoms with van der Waals surface area (Å²) >= 11 is 3.46. The summed E-state index contributed by atoms with van der Waals surface area (Å²) in [6.45, 7) is -0.109. The molecule has 1 saturated heterocycles. The lowest BCUT2D eigenvalue weighted by Gasteiger charge is -2.51. The van der Waals surface area contributed by atoms with E-state index < -0.39 is 63.9 Å². The first-order chi connectivity index (χ1) is 22.4. The van der Waals surface area contributed by atoms with Gasteiger partial charge in [0.15, 0.2) is 29.3 Å². The summed E-state index contributed by atoms with van der Waals surface area (Å²) in [7, 11) is 0. The number of hydrogen-bond donors (Lipinski definition) is 7. The molecule has 1 unspecified atom stereocenters. The lowest BCUT2D eigenvalue weighted by atomic mass is 10.0. The van der Waals surface area contributed by atoms with Crippen LogP contribution >= 0.6 is 34.9 Å². The van der Waals surface area contributed by atoms with Crippen LogP contribution in [0.2, 0.25) is 0 Å². The van der Waals surface area contributed by atoms with Crippen molar-refractivity contribution >= 4 is 69.6 Å². The van der Waals surface area contributed by atoms with Crippen LogP contribution in [-0.4, -0.2) is 82.7 Å². The van der Waals surface area contributed by atoms with E-state index in [0.717, 1.165) is 21.1 Å². The molecule has 47 heavy (non-hydrogen) atoms. The number of aromatic nitrogens is 3. The van der Waals surface area contributed by atoms with Crippen molar-refractivity contribution in [2.45, 2.75) is 28.9 Å². The Morgan fingerprint density at radius 2 is 1.96 bits per heavy atom. The van der Waals surface area contributed by atoms with Crippen molar-refractivity contribution in [3.8, 4) is 5.75 Å². The minimum Gasteiger partial charge on any atom is -0.543 e. The Kier molecular flexibility index (Phi) is 9.69. The summed E-state index contributed by atoms with van der Waals surface area (Å²) in [5.41, 5.74) is 5.75. The summed E-state index contributed by atoms with van der Waals surface area (Å²) in [5.74, 6) is -5.36. The van der Waals surface area contributed by atoms with Crippen molar-refractivity contribution in [2.24, 2.45) is 0 Å². The van der Waals surface area contributed by atoms with Crippen molar-refractivity contribution in [1.29, 1.82) is 0 Å². The number of carbonyl (C=O) groups is 5. The second kappa shape index (κ2) is 13.7. The van der Waals surface area contributed by atoms with Crippen LogP contribution in [0.5, 0.6) is 5.75 Å². The second-order valence-corrected chi connectivity index (χ2v) is 13.0. The molecule has 18 nitrogen and oxygen atoms in total. The van der Waals surface area contributed by atoms with Crippen LogP contribution in [0.3, 0.4) is 0 Å². The monoisotopic (exact) mass is 704 g/mol. The minimum atomic E-state index is -1.57. The fourth-order valence-electron chi connectivity index (χ4n) is 4.63. The number of aromatic hydroxyl groups is 1. The number of pyridine rings is 2. The molecule has 2 aliphatic rings. The predicted molar refractivity (Wildman–Crippen MR) is 161 cm³/mol. The number of rotatable bonds is 11. The number of hydrogen-bond acceptors (Lipinski definition) is 15. The largest absolute Gasteiger partial charge is 0.543 e. The van der Waals surface area contributed by atoms with Gasteiger partial charge in [0.25, 0.3) is 11.8 Å². The third-order valence-corrected chi connectivity index (χ3v) is 10.0. The quantitative estimate of drug-likeness (QED) is 0.0267. The van der Waals surface area contributed by atoms with Crippen molar-refractivity contribution in [3.63, 3.8) is 0 Å². The summed E-state index contributed by atoms with van der Waals surface area (Å²) in [5, 5.41) is 45.8. The maximum atomic E-state index is 13.5. The van der Waals surface area contributed by atoms with Gasteiger partial charge in [-0.1, -0.05) is 0 Å². The molecular weight excluding hydrogens is 681 g/mol. The topological polar surface area (TPSA) is 273 Å². The van der Waals surface area contributed by atoms with E-state index in [2.05, 4.69) is 15.6 Å². The van der Waals surface area contributed by atoms with Crippen molar-refractivity contribution < 1.29 is 49.2 Å². The number of carboxylic acids is 1. The normalized spacial score (nSPS) is 17.7. The molecular formula is C26H24N8O10S3. The Hall–Kier alpha value is -5.12. The first-order valence-electron chi connectivity index (χ1n) is 13.3. The zero-order chi connectivity index (χ0) is 34.0. The van der Waals surface area contributed by atoms with E-state index in [9.17, 15) is 44.2 Å². The highest BCUT2D eigenvalue weighted by molar-refractivity contribution is 8.01. The molecule has 0 radical (unpaired) electrons. The molecule has 0 spiro atoms. The van der Waals surface area contributed by atoms with E-state index in [1.807, 2.05) is 0 Å². The number of nitrogens with one attached hydrogen (secondary N) is 3. The van der Waals surface area contributed by atoms with Gasteiger partial charge >= 0.3 is 5.91 Å². The van der Waals surface area contributed by atoms with Crippen molar-refractivity contribution in [1.82, 2.24) is 30.7 Å². The lowest BCUT2D eigenvalue weighted by molar-refractivity contribution is -0.685. The summed E-state index contributed by atoms with van der Waals surface area (Å²) in [6.07, 6.45) is 3.81. The highest BCUT2D eigenvalue weighted by Gasteiger charge is 2.53. The Balaban J connectivity index is 1.29. The Morgan fingerprint density at radius 1 is 1.23 bits per heavy atom. The summed E-state index contributed by atoms with van der Waals surface area (Å²) in [6, 6.07) is 1.30. The first kappa shape index (κ1) is 33.2. The molecule has 3 atom stereocenters. The number of thiazole rings is 1. The Labute approximate surface area is 275 Å². The number of thioether (sulfide) groups is 2. The van der Waals surface area contributed by atoms with Crippen molar-refractivity contribution in [3.05, 3.63) is 75.1 Å². The van der Waals surface area contributed by atoms with Crippen LogP contribution in [0, 0.1) is 0 Å². The SMILES string of the molecule is Nc1nc(C(NC(=O)c2cc(=O)c(O)cn2O)C(=O)N[C@@H]2C(=O)N3C(C(=O)[O-])=C(CSc4cc[n+](CC(=O)NO)cc4)CS[C@H]23)cs1. The van der Waals surface area contributed by atoms with E-state index in [1.165, 1.54) is 39.0 Å². The van der Waals surface area contributed by atoms with Crippen LogP contribution in [0.1, 0.15) is 22.2 Å². The fraction of sp³-hybridized carbons (Fsp3) is 0.231. The number of nitrogen functional groups attached to an aromatic ring is 1. The van der Waals surface area contributed by atoms with Crippen molar-refractivity contribution in [2.75, 3.05) is 17.2 Å². The van der Waals surface area contributed by atoms with Crippen LogP contribution in [0.25, 0.3) is 0 Å². The molecule has 5 rings (SSSR count). The van der Waals surface area contributed by atoms with Gasteiger partial charge in [0, 0.05) is 40.0 Å². The number of carboxylic acid groups (broad SMARTS) is 1. The molecule has 8 N–H and O–H groups in total. The van der Waals surface area contributed by atoms with E-state index in [0.29, 0.717) is 17.8 Å². The van der Waals surface area contributed by atoms with Gasteiger partial charge in [0.05, 0.1) is 23.6 Å². The molecule has 0 bridgehead atoms. The summed E-state index contributed by atoms with van der Waals surface area (Å²) in [4.78, 5) is 80.8. The zero-order valence-corrected chi connectivity index (χ0v) is 26.1. The smallest absolute Gasteiger partial charge is 0.309 e. The van der Waals surface area contributed by atoms with Crippen LogP contribution in [-0.2, 0) is 25.7 Å². The molecule has 0 saturated carbocycles. The van der Waals surface area contributed by atoms with Gasteiger partial charge in [0.1, 0.15) is 17.1 Å². The molecule has 2 aliphatic heterocycles. The number of fused-ring (bicyclic) bond motifs is 1. The van der Waals surface area contributed by atoms with Crippen LogP contribution < -0.4 is 36.9 Å². The highest BCUT2D eigenvalue weighted by atomic mass is 32.2. The molecule has 21 heteroatoms. The molecule has 3 aromatic heterocycles. The Bertz CT molecular complexity index is 1860. The number of carbonyl (C=O) groups excluding carboxylic acids is 5. The molecule has 5 heterocycles. The highest BCUT2D eigenvalue weighted by Crippen LogP contribution is 2.41. The molecule has 0 aliphatic carbocycles. The van der Waals surface area contributed by atoms with Crippen LogP contribution in [0.15, 0.2) is 63.1 Å². The molecule has 0 aromatic carbocycles.